The van der Waals surface area contributed by atoms with Crippen molar-refractivity contribution in [2.45, 2.75) is 37.3 Å². The molecule has 0 saturated heterocycles. The highest BCUT2D eigenvalue weighted by atomic mass is 35.5. The predicted octanol–water partition coefficient (Wildman–Crippen LogP) is 5.01. The van der Waals surface area contributed by atoms with E-state index in [-0.39, 0.29) is 22.4 Å². The minimum absolute atomic E-state index is 0.0266. The highest BCUT2D eigenvalue weighted by molar-refractivity contribution is 6.32. The van der Waals surface area contributed by atoms with Crippen molar-refractivity contribution < 1.29 is 23.4 Å². The Hall–Kier alpha value is -2.44. The largest absolute Gasteiger partial charge is 0.509 e. The van der Waals surface area contributed by atoms with Crippen molar-refractivity contribution in [1.29, 1.82) is 0 Å². The normalized spacial score (nSPS) is 24.3. The van der Waals surface area contributed by atoms with E-state index in [9.17, 15) is 14.3 Å². The van der Waals surface area contributed by atoms with Crippen LogP contribution in [0.5, 0.6) is 0 Å². The minimum Gasteiger partial charge on any atom is -0.509 e. The molecule has 4 rings (SSSR count). The summed E-state index contributed by atoms with van der Waals surface area (Å²) in [5.74, 6) is -3.05. The lowest BCUT2D eigenvalue weighted by Crippen LogP contribution is -2.48. The van der Waals surface area contributed by atoms with E-state index in [2.05, 4.69) is 5.32 Å². The van der Waals surface area contributed by atoms with Gasteiger partial charge in [0.2, 0.25) is 0 Å². The Morgan fingerprint density at radius 3 is 2.45 bits per heavy atom. The van der Waals surface area contributed by atoms with E-state index < -0.39 is 34.2 Å². The molecule has 1 fully saturated rings. The standard InChI is InChI=1S/C22H20ClF2NO3/c1-29-13-7-9-22(10-8-13)20(27)17(21(28)26-22)16-18(24)14(11-15(23)19(16)25)12-5-3-2-4-6-12/h2-6,11,13,27H,7-10H2,1H3,(H,26,28). The molecule has 152 valence electrons. The number of methoxy groups -OCH3 is 1. The number of hydrogen-bond acceptors (Lipinski definition) is 3. The maximum absolute atomic E-state index is 15.4. The number of rotatable bonds is 3. The van der Waals surface area contributed by atoms with Crippen molar-refractivity contribution in [2.75, 3.05) is 7.11 Å². The van der Waals surface area contributed by atoms with Gasteiger partial charge in [0.1, 0.15) is 11.6 Å². The zero-order valence-electron chi connectivity index (χ0n) is 15.8. The maximum Gasteiger partial charge on any atom is 0.256 e. The average molecular weight is 420 g/mol. The monoisotopic (exact) mass is 419 g/mol. The van der Waals surface area contributed by atoms with Gasteiger partial charge < -0.3 is 15.2 Å². The highest BCUT2D eigenvalue weighted by Crippen LogP contribution is 2.44. The summed E-state index contributed by atoms with van der Waals surface area (Å²) in [6, 6.07) is 9.71. The van der Waals surface area contributed by atoms with E-state index in [1.807, 2.05) is 0 Å². The van der Waals surface area contributed by atoms with Crippen LogP contribution in [0.3, 0.4) is 0 Å². The van der Waals surface area contributed by atoms with Crippen LogP contribution in [-0.2, 0) is 9.53 Å². The Morgan fingerprint density at radius 2 is 1.83 bits per heavy atom. The van der Waals surface area contributed by atoms with Gasteiger partial charge in [-0.3, -0.25) is 4.79 Å². The van der Waals surface area contributed by atoms with Crippen molar-refractivity contribution >= 4 is 23.1 Å². The number of amides is 1. The molecule has 1 saturated carbocycles. The smallest absolute Gasteiger partial charge is 0.256 e. The molecule has 1 spiro atoms. The SMILES string of the molecule is COC1CCC2(CC1)NC(=O)C(c1c(F)c(Cl)cc(-c3ccccc3)c1F)=C2O. The molecule has 2 aliphatic rings. The van der Waals surface area contributed by atoms with Crippen LogP contribution in [0.15, 0.2) is 42.2 Å². The van der Waals surface area contributed by atoms with Crippen molar-refractivity contribution in [3.63, 3.8) is 0 Å². The summed E-state index contributed by atoms with van der Waals surface area (Å²) in [7, 11) is 1.61. The second kappa shape index (κ2) is 7.43. The van der Waals surface area contributed by atoms with Crippen LogP contribution >= 0.6 is 11.6 Å². The molecular formula is C22H20ClF2NO3. The molecule has 0 bridgehead atoms. The second-order valence-corrected chi connectivity index (χ2v) is 7.88. The van der Waals surface area contributed by atoms with Gasteiger partial charge >= 0.3 is 0 Å². The number of halogens is 3. The lowest BCUT2D eigenvalue weighted by molar-refractivity contribution is -0.116. The van der Waals surface area contributed by atoms with Gasteiger partial charge in [-0.2, -0.15) is 0 Å². The van der Waals surface area contributed by atoms with Crippen LogP contribution in [0.2, 0.25) is 5.02 Å². The molecule has 1 heterocycles. The summed E-state index contributed by atoms with van der Waals surface area (Å²) in [5, 5.41) is 13.4. The number of aliphatic hydroxyl groups excluding tert-OH is 1. The van der Waals surface area contributed by atoms with Crippen LogP contribution in [0.4, 0.5) is 8.78 Å². The molecule has 2 N–H and O–H groups in total. The number of aliphatic hydroxyl groups is 1. The first-order valence-electron chi connectivity index (χ1n) is 9.40. The number of nitrogens with one attached hydrogen (secondary N) is 1. The Morgan fingerprint density at radius 1 is 1.17 bits per heavy atom. The summed E-state index contributed by atoms with van der Waals surface area (Å²) in [6.45, 7) is 0. The first-order chi connectivity index (χ1) is 13.9. The van der Waals surface area contributed by atoms with Crippen molar-refractivity contribution in [1.82, 2.24) is 5.32 Å². The summed E-state index contributed by atoms with van der Waals surface area (Å²) in [4.78, 5) is 12.7. The molecule has 0 aromatic heterocycles. The van der Waals surface area contributed by atoms with Gasteiger partial charge in [0.15, 0.2) is 5.82 Å². The van der Waals surface area contributed by atoms with Crippen LogP contribution in [0, 0.1) is 11.6 Å². The number of benzene rings is 2. The third kappa shape index (κ3) is 3.20. The Bertz CT molecular complexity index is 999. The molecule has 4 nitrogen and oxygen atoms in total. The fourth-order valence-electron chi connectivity index (χ4n) is 4.25. The predicted molar refractivity (Wildman–Crippen MR) is 106 cm³/mol. The fraction of sp³-hybridized carbons (Fsp3) is 0.318. The Labute approximate surface area is 172 Å². The molecule has 1 amide bonds. The number of carbonyl (C=O) groups excluding carboxylic acids is 1. The highest BCUT2D eigenvalue weighted by Gasteiger charge is 2.49. The number of ether oxygens (including phenoxy) is 1. The first-order valence-corrected chi connectivity index (χ1v) is 9.78. The minimum atomic E-state index is -1.07. The van der Waals surface area contributed by atoms with E-state index >= 15 is 4.39 Å². The summed E-state index contributed by atoms with van der Waals surface area (Å²) in [5.41, 5.74) is -1.48. The van der Waals surface area contributed by atoms with Crippen molar-refractivity contribution in [2.24, 2.45) is 0 Å². The molecule has 1 aliphatic heterocycles. The summed E-state index contributed by atoms with van der Waals surface area (Å²) in [6.07, 6.45) is 2.09. The van der Waals surface area contributed by atoms with Crippen molar-refractivity contribution in [3.8, 4) is 11.1 Å². The van der Waals surface area contributed by atoms with Gasteiger partial charge in [-0.05, 0) is 37.3 Å². The van der Waals surface area contributed by atoms with E-state index in [1.165, 1.54) is 6.07 Å². The molecule has 0 radical (unpaired) electrons. The van der Waals surface area contributed by atoms with Gasteiger partial charge in [0.25, 0.3) is 5.91 Å². The molecule has 1 aliphatic carbocycles. The lowest BCUT2D eigenvalue weighted by atomic mass is 9.79. The van der Waals surface area contributed by atoms with Gasteiger partial charge in [0, 0.05) is 12.7 Å². The van der Waals surface area contributed by atoms with Gasteiger partial charge in [-0.1, -0.05) is 41.9 Å². The fourth-order valence-corrected chi connectivity index (χ4v) is 4.45. The second-order valence-electron chi connectivity index (χ2n) is 7.47. The van der Waals surface area contributed by atoms with E-state index in [0.717, 1.165) is 0 Å². The summed E-state index contributed by atoms with van der Waals surface area (Å²) >= 11 is 6.04. The van der Waals surface area contributed by atoms with Crippen LogP contribution < -0.4 is 5.32 Å². The van der Waals surface area contributed by atoms with E-state index in [4.69, 9.17) is 16.3 Å². The third-order valence-electron chi connectivity index (χ3n) is 5.88. The molecule has 0 unspecified atom stereocenters. The summed E-state index contributed by atoms with van der Waals surface area (Å²) < 4.78 is 35.7. The molecular weight excluding hydrogens is 400 g/mol. The number of carbonyl (C=O) groups is 1. The Kier molecular flexibility index (Phi) is 5.09. The van der Waals surface area contributed by atoms with E-state index in [0.29, 0.717) is 31.2 Å². The van der Waals surface area contributed by atoms with Crippen LogP contribution in [-0.4, -0.2) is 29.8 Å². The molecule has 7 heteroatoms. The molecule has 2 aromatic carbocycles. The van der Waals surface area contributed by atoms with Crippen molar-refractivity contribution in [3.05, 3.63) is 64.4 Å². The maximum atomic E-state index is 15.4. The Balaban J connectivity index is 1.86. The van der Waals surface area contributed by atoms with Gasteiger partial charge in [0.05, 0.1) is 27.8 Å². The molecule has 29 heavy (non-hydrogen) atoms. The van der Waals surface area contributed by atoms with Crippen LogP contribution in [0.25, 0.3) is 16.7 Å². The van der Waals surface area contributed by atoms with Gasteiger partial charge in [-0.15, -0.1) is 0 Å². The molecule has 0 atom stereocenters. The van der Waals surface area contributed by atoms with Crippen LogP contribution in [0.1, 0.15) is 31.2 Å². The zero-order chi connectivity index (χ0) is 20.8. The van der Waals surface area contributed by atoms with E-state index in [1.54, 1.807) is 37.4 Å². The quantitative estimate of drug-likeness (QED) is 0.687. The lowest BCUT2D eigenvalue weighted by Gasteiger charge is -2.36. The number of hydrogen-bond donors (Lipinski definition) is 2. The zero-order valence-corrected chi connectivity index (χ0v) is 16.5. The molecule has 2 aromatic rings. The van der Waals surface area contributed by atoms with Gasteiger partial charge in [-0.25, -0.2) is 8.78 Å². The topological polar surface area (TPSA) is 58.6 Å². The third-order valence-corrected chi connectivity index (χ3v) is 6.16. The average Bonchev–Trinajstić information content (AvgIpc) is 2.96. The first kappa shape index (κ1) is 19.9.